The molecule has 4 heteroatoms. The predicted octanol–water partition coefficient (Wildman–Crippen LogP) is 2.78. The Morgan fingerprint density at radius 1 is 1.19 bits per heavy atom. The Kier molecular flexibility index (Phi) is 5.23. The van der Waals surface area contributed by atoms with E-state index in [9.17, 15) is 9.90 Å². The maximum atomic E-state index is 12.3. The highest BCUT2D eigenvalue weighted by atomic mass is 16.3. The molecular formula is C17H26N2O2. The van der Waals surface area contributed by atoms with Crippen molar-refractivity contribution in [3.8, 4) is 5.75 Å². The molecule has 1 aliphatic rings. The van der Waals surface area contributed by atoms with Crippen LogP contribution in [0.3, 0.4) is 0 Å². The standard InChI is InChI=1S/C17H26N2O2/c1-19(2)17(11-7-3-4-8-12-17)13-18-16(21)14-9-5-6-10-15(14)20/h5-6,9-10,20H,3-4,7-8,11-13H2,1-2H3,(H,18,21). The van der Waals surface area contributed by atoms with Crippen LogP contribution in [0.25, 0.3) is 0 Å². The number of aromatic hydroxyl groups is 1. The molecule has 1 saturated carbocycles. The summed E-state index contributed by atoms with van der Waals surface area (Å²) in [5.74, 6) is -0.159. The van der Waals surface area contributed by atoms with Crippen molar-refractivity contribution in [3.05, 3.63) is 29.8 Å². The van der Waals surface area contributed by atoms with Gasteiger partial charge in [0.05, 0.1) is 5.56 Å². The first-order chi connectivity index (χ1) is 10.1. The molecule has 1 aliphatic carbocycles. The van der Waals surface area contributed by atoms with Gasteiger partial charge in [-0.25, -0.2) is 0 Å². The van der Waals surface area contributed by atoms with Gasteiger partial charge in [-0.3, -0.25) is 4.79 Å². The average Bonchev–Trinajstić information content (AvgIpc) is 2.72. The van der Waals surface area contributed by atoms with Crippen molar-refractivity contribution in [2.24, 2.45) is 0 Å². The van der Waals surface area contributed by atoms with E-state index in [1.165, 1.54) is 25.7 Å². The van der Waals surface area contributed by atoms with Crippen molar-refractivity contribution in [3.63, 3.8) is 0 Å². The second-order valence-corrected chi connectivity index (χ2v) is 6.23. The summed E-state index contributed by atoms with van der Waals surface area (Å²) in [7, 11) is 4.19. The molecule has 4 nitrogen and oxygen atoms in total. The number of rotatable bonds is 4. The summed E-state index contributed by atoms with van der Waals surface area (Å²) in [6.45, 7) is 0.632. The third-order valence-electron chi connectivity index (χ3n) is 4.71. The van der Waals surface area contributed by atoms with E-state index < -0.39 is 0 Å². The quantitative estimate of drug-likeness (QED) is 0.838. The third kappa shape index (κ3) is 3.76. The number of benzene rings is 1. The maximum Gasteiger partial charge on any atom is 0.255 e. The Bertz CT molecular complexity index is 477. The first kappa shape index (κ1) is 15.8. The van der Waals surface area contributed by atoms with Crippen LogP contribution in [-0.4, -0.2) is 42.1 Å². The highest BCUT2D eigenvalue weighted by Gasteiger charge is 2.33. The second-order valence-electron chi connectivity index (χ2n) is 6.23. The van der Waals surface area contributed by atoms with E-state index in [0.29, 0.717) is 12.1 Å². The Labute approximate surface area is 127 Å². The maximum absolute atomic E-state index is 12.3. The van der Waals surface area contributed by atoms with E-state index in [2.05, 4.69) is 24.3 Å². The fourth-order valence-electron chi connectivity index (χ4n) is 3.17. The number of hydrogen-bond donors (Lipinski definition) is 2. The molecule has 0 saturated heterocycles. The minimum atomic E-state index is -0.196. The zero-order chi connectivity index (χ0) is 15.3. The minimum Gasteiger partial charge on any atom is -0.507 e. The number of likely N-dealkylation sites (N-methyl/N-ethyl adjacent to an activating group) is 1. The fourth-order valence-corrected chi connectivity index (χ4v) is 3.17. The molecule has 2 N–H and O–H groups in total. The number of nitrogens with zero attached hydrogens (tertiary/aromatic N) is 1. The molecule has 116 valence electrons. The summed E-state index contributed by atoms with van der Waals surface area (Å²) in [5.41, 5.74) is 0.386. The van der Waals surface area contributed by atoms with Gasteiger partial charge in [-0.2, -0.15) is 0 Å². The van der Waals surface area contributed by atoms with Crippen LogP contribution in [0.5, 0.6) is 5.75 Å². The molecule has 0 aromatic heterocycles. The third-order valence-corrected chi connectivity index (χ3v) is 4.71. The number of para-hydroxylation sites is 1. The summed E-state index contributed by atoms with van der Waals surface area (Å²) < 4.78 is 0. The van der Waals surface area contributed by atoms with Crippen molar-refractivity contribution in [2.45, 2.75) is 44.1 Å². The Balaban J connectivity index is 2.05. The second kappa shape index (κ2) is 6.94. The van der Waals surface area contributed by atoms with Crippen molar-refractivity contribution in [1.29, 1.82) is 0 Å². The van der Waals surface area contributed by atoms with Crippen LogP contribution in [0.4, 0.5) is 0 Å². The predicted molar refractivity (Wildman–Crippen MR) is 84.6 cm³/mol. The molecule has 1 fully saturated rings. The number of amides is 1. The molecule has 0 heterocycles. The van der Waals surface area contributed by atoms with E-state index in [1.807, 2.05) is 0 Å². The molecule has 1 amide bonds. The minimum absolute atomic E-state index is 0.0368. The first-order valence-electron chi connectivity index (χ1n) is 7.79. The zero-order valence-corrected chi connectivity index (χ0v) is 13.1. The van der Waals surface area contributed by atoms with Gasteiger partial charge < -0.3 is 15.3 Å². The van der Waals surface area contributed by atoms with Gasteiger partial charge in [-0.1, -0.05) is 37.8 Å². The highest BCUT2D eigenvalue weighted by Crippen LogP contribution is 2.30. The van der Waals surface area contributed by atoms with Crippen LogP contribution in [0.1, 0.15) is 48.9 Å². The molecule has 0 bridgehead atoms. The van der Waals surface area contributed by atoms with Gasteiger partial charge in [0.1, 0.15) is 5.75 Å². The Morgan fingerprint density at radius 3 is 2.38 bits per heavy atom. The lowest BCUT2D eigenvalue weighted by Gasteiger charge is -2.39. The summed E-state index contributed by atoms with van der Waals surface area (Å²) in [6.07, 6.45) is 7.21. The molecular weight excluding hydrogens is 264 g/mol. The fraction of sp³-hybridized carbons (Fsp3) is 0.588. The van der Waals surface area contributed by atoms with Crippen LogP contribution in [0.2, 0.25) is 0 Å². The van der Waals surface area contributed by atoms with Crippen LogP contribution >= 0.6 is 0 Å². The largest absolute Gasteiger partial charge is 0.507 e. The molecule has 2 rings (SSSR count). The average molecular weight is 290 g/mol. The van der Waals surface area contributed by atoms with Crippen molar-refractivity contribution in [2.75, 3.05) is 20.6 Å². The van der Waals surface area contributed by atoms with Gasteiger partial charge in [0, 0.05) is 12.1 Å². The van der Waals surface area contributed by atoms with Gasteiger partial charge in [-0.15, -0.1) is 0 Å². The highest BCUT2D eigenvalue weighted by molar-refractivity contribution is 5.96. The van der Waals surface area contributed by atoms with E-state index in [0.717, 1.165) is 12.8 Å². The molecule has 0 atom stereocenters. The number of phenols is 1. The molecule has 1 aromatic carbocycles. The lowest BCUT2D eigenvalue weighted by molar-refractivity contribution is 0.0866. The number of hydrogen-bond acceptors (Lipinski definition) is 3. The van der Waals surface area contributed by atoms with E-state index in [-0.39, 0.29) is 17.2 Å². The summed E-state index contributed by atoms with van der Waals surface area (Å²) in [5, 5.41) is 12.8. The summed E-state index contributed by atoms with van der Waals surface area (Å²) >= 11 is 0. The van der Waals surface area contributed by atoms with Crippen LogP contribution in [0.15, 0.2) is 24.3 Å². The molecule has 0 radical (unpaired) electrons. The number of carbonyl (C=O) groups excluding carboxylic acids is 1. The van der Waals surface area contributed by atoms with Gasteiger partial charge in [0.2, 0.25) is 0 Å². The lowest BCUT2D eigenvalue weighted by atomic mass is 9.88. The smallest absolute Gasteiger partial charge is 0.255 e. The molecule has 0 aliphatic heterocycles. The van der Waals surface area contributed by atoms with Gasteiger partial charge in [-0.05, 0) is 39.1 Å². The van der Waals surface area contributed by atoms with Crippen LogP contribution < -0.4 is 5.32 Å². The number of carbonyl (C=O) groups is 1. The number of phenolic OH excluding ortho intramolecular Hbond substituents is 1. The topological polar surface area (TPSA) is 52.6 Å². The SMILES string of the molecule is CN(C)C1(CNC(=O)c2ccccc2O)CCCCCC1. The Morgan fingerprint density at radius 2 is 1.81 bits per heavy atom. The van der Waals surface area contributed by atoms with Crippen LogP contribution in [-0.2, 0) is 0 Å². The van der Waals surface area contributed by atoms with Gasteiger partial charge in [0.25, 0.3) is 5.91 Å². The van der Waals surface area contributed by atoms with Gasteiger partial charge >= 0.3 is 0 Å². The molecule has 21 heavy (non-hydrogen) atoms. The number of nitrogens with one attached hydrogen (secondary N) is 1. The monoisotopic (exact) mass is 290 g/mol. The van der Waals surface area contributed by atoms with Crippen molar-refractivity contribution >= 4 is 5.91 Å². The molecule has 1 aromatic rings. The summed E-state index contributed by atoms with van der Waals surface area (Å²) in [4.78, 5) is 14.5. The zero-order valence-electron chi connectivity index (χ0n) is 13.1. The first-order valence-corrected chi connectivity index (χ1v) is 7.79. The van der Waals surface area contributed by atoms with E-state index in [1.54, 1.807) is 24.3 Å². The van der Waals surface area contributed by atoms with E-state index >= 15 is 0 Å². The van der Waals surface area contributed by atoms with E-state index in [4.69, 9.17) is 0 Å². The van der Waals surface area contributed by atoms with Crippen molar-refractivity contribution < 1.29 is 9.90 Å². The molecule has 0 unspecified atom stereocenters. The molecule has 0 spiro atoms. The Hall–Kier alpha value is -1.55. The normalized spacial score (nSPS) is 18.2. The van der Waals surface area contributed by atoms with Gasteiger partial charge in [0.15, 0.2) is 0 Å². The summed E-state index contributed by atoms with van der Waals surface area (Å²) in [6, 6.07) is 6.68. The lowest BCUT2D eigenvalue weighted by Crippen LogP contribution is -2.52. The van der Waals surface area contributed by atoms with Crippen molar-refractivity contribution in [1.82, 2.24) is 10.2 Å². The van der Waals surface area contributed by atoms with Crippen LogP contribution in [0, 0.1) is 0 Å².